The molecule has 1 amide bonds. The molecule has 2 aromatic rings. The summed E-state index contributed by atoms with van der Waals surface area (Å²) in [6.45, 7) is -0.151. The van der Waals surface area contributed by atoms with Crippen molar-refractivity contribution in [2.24, 2.45) is 5.92 Å². The standard InChI is InChI=1S/C21H22ClFN2O3/c22-15-5-4-14(6-16(15)23)27-11-19(26)25-17-9-21(7-13(17)8-21)20-24-10-18(28-20)12-2-1-3-12/h4-6,10,12-13,17H,1-3,7-9,11H2,(H,25,26)/t13?,17-,21?/m0/s1. The van der Waals surface area contributed by atoms with Gasteiger partial charge in [0, 0.05) is 23.4 Å². The molecule has 0 aliphatic heterocycles. The van der Waals surface area contributed by atoms with Gasteiger partial charge in [-0.25, -0.2) is 9.37 Å². The fourth-order valence-electron chi connectivity index (χ4n) is 4.79. The van der Waals surface area contributed by atoms with Crippen LogP contribution in [0.2, 0.25) is 5.02 Å². The van der Waals surface area contributed by atoms with Crippen LogP contribution in [0.4, 0.5) is 4.39 Å². The number of hydrogen-bond donors (Lipinski definition) is 1. The molecule has 1 heterocycles. The molecule has 0 radical (unpaired) electrons. The van der Waals surface area contributed by atoms with Gasteiger partial charge < -0.3 is 14.5 Å². The smallest absolute Gasteiger partial charge is 0.258 e. The number of halogens is 2. The van der Waals surface area contributed by atoms with Crippen molar-refractivity contribution >= 4 is 17.5 Å². The molecule has 4 aliphatic carbocycles. The van der Waals surface area contributed by atoms with Gasteiger partial charge in [0.25, 0.3) is 5.91 Å². The van der Waals surface area contributed by atoms with Gasteiger partial charge in [-0.2, -0.15) is 0 Å². The molecule has 0 spiro atoms. The first-order chi connectivity index (χ1) is 13.5. The molecule has 0 saturated heterocycles. The summed E-state index contributed by atoms with van der Waals surface area (Å²) in [7, 11) is 0. The lowest BCUT2D eigenvalue weighted by Crippen LogP contribution is -2.39. The van der Waals surface area contributed by atoms with Crippen LogP contribution in [-0.2, 0) is 10.2 Å². The van der Waals surface area contributed by atoms with Crippen molar-refractivity contribution in [2.75, 3.05) is 6.61 Å². The van der Waals surface area contributed by atoms with E-state index in [-0.39, 0.29) is 34.7 Å². The molecule has 1 aromatic carbocycles. The van der Waals surface area contributed by atoms with Crippen LogP contribution >= 0.6 is 11.6 Å². The van der Waals surface area contributed by atoms with Gasteiger partial charge in [-0.15, -0.1) is 0 Å². The van der Waals surface area contributed by atoms with E-state index in [1.165, 1.54) is 31.4 Å². The van der Waals surface area contributed by atoms with Crippen molar-refractivity contribution in [3.05, 3.63) is 46.9 Å². The maximum Gasteiger partial charge on any atom is 0.258 e. The predicted octanol–water partition coefficient (Wildman–Crippen LogP) is 4.35. The molecule has 2 bridgehead atoms. The molecular formula is C21H22ClFN2O3. The Bertz CT molecular complexity index is 905. The number of hydrogen-bond acceptors (Lipinski definition) is 4. The van der Waals surface area contributed by atoms with Crippen LogP contribution in [0.3, 0.4) is 0 Å². The van der Waals surface area contributed by atoms with Crippen LogP contribution in [0.15, 0.2) is 28.8 Å². The van der Waals surface area contributed by atoms with Crippen LogP contribution in [0.5, 0.6) is 5.75 Å². The van der Waals surface area contributed by atoms with Crippen LogP contribution in [0.25, 0.3) is 0 Å². The molecule has 148 valence electrons. The van der Waals surface area contributed by atoms with E-state index in [1.807, 2.05) is 6.20 Å². The van der Waals surface area contributed by atoms with E-state index < -0.39 is 5.82 Å². The molecule has 5 nitrogen and oxygen atoms in total. The van der Waals surface area contributed by atoms with E-state index >= 15 is 0 Å². The monoisotopic (exact) mass is 404 g/mol. The van der Waals surface area contributed by atoms with Crippen molar-refractivity contribution < 1.29 is 18.3 Å². The average Bonchev–Trinajstić information content (AvgIpc) is 3.27. The van der Waals surface area contributed by atoms with Gasteiger partial charge in [0.05, 0.1) is 11.2 Å². The highest BCUT2D eigenvalue weighted by Gasteiger charge is 2.59. The summed E-state index contributed by atoms with van der Waals surface area (Å²) in [4.78, 5) is 16.8. The molecule has 4 aliphatic rings. The summed E-state index contributed by atoms with van der Waals surface area (Å²) in [5.41, 5.74) is -0.0230. The first-order valence-corrected chi connectivity index (χ1v) is 10.2. The fourth-order valence-corrected chi connectivity index (χ4v) is 4.91. The number of amides is 1. The molecular weight excluding hydrogens is 383 g/mol. The number of fused-ring (bicyclic) bond motifs is 1. The Morgan fingerprint density at radius 1 is 1.36 bits per heavy atom. The van der Waals surface area contributed by atoms with Crippen LogP contribution in [-0.4, -0.2) is 23.5 Å². The number of nitrogens with zero attached hydrogens (tertiary/aromatic N) is 1. The van der Waals surface area contributed by atoms with Crippen molar-refractivity contribution in [3.63, 3.8) is 0 Å². The van der Waals surface area contributed by atoms with Gasteiger partial charge >= 0.3 is 0 Å². The Morgan fingerprint density at radius 3 is 2.89 bits per heavy atom. The third-order valence-electron chi connectivity index (χ3n) is 6.58. The summed E-state index contributed by atoms with van der Waals surface area (Å²) in [5, 5.41) is 3.09. The maximum atomic E-state index is 13.4. The second-order valence-corrected chi connectivity index (χ2v) is 8.79. The Morgan fingerprint density at radius 2 is 2.18 bits per heavy atom. The first kappa shape index (κ1) is 18.0. The van der Waals surface area contributed by atoms with E-state index in [0.717, 1.165) is 30.9 Å². The highest BCUT2D eigenvalue weighted by Crippen LogP contribution is 2.59. The lowest BCUT2D eigenvalue weighted by Gasteiger charge is -2.35. The number of rotatable bonds is 6. The van der Waals surface area contributed by atoms with E-state index in [9.17, 15) is 9.18 Å². The summed E-state index contributed by atoms with van der Waals surface area (Å²) >= 11 is 5.65. The molecule has 4 saturated carbocycles. The molecule has 1 N–H and O–H groups in total. The van der Waals surface area contributed by atoms with E-state index in [2.05, 4.69) is 10.3 Å². The normalized spacial score (nSPS) is 28.5. The van der Waals surface area contributed by atoms with E-state index in [4.69, 9.17) is 20.8 Å². The Hall–Kier alpha value is -2.08. The summed E-state index contributed by atoms with van der Waals surface area (Å²) in [6, 6.07) is 4.24. The fraction of sp³-hybridized carbons (Fsp3) is 0.524. The van der Waals surface area contributed by atoms with Gasteiger partial charge in [-0.05, 0) is 50.2 Å². The second kappa shape index (κ2) is 6.76. The molecule has 7 heteroatoms. The molecule has 1 atom stereocenters. The van der Waals surface area contributed by atoms with Gasteiger partial charge in [0.15, 0.2) is 6.61 Å². The average molecular weight is 405 g/mol. The minimum Gasteiger partial charge on any atom is -0.484 e. The zero-order valence-electron chi connectivity index (χ0n) is 15.4. The number of ether oxygens (including phenoxy) is 1. The van der Waals surface area contributed by atoms with Crippen molar-refractivity contribution in [1.29, 1.82) is 0 Å². The van der Waals surface area contributed by atoms with Crippen LogP contribution < -0.4 is 10.1 Å². The van der Waals surface area contributed by atoms with E-state index in [0.29, 0.717) is 11.8 Å². The largest absolute Gasteiger partial charge is 0.484 e. The second-order valence-electron chi connectivity index (χ2n) is 8.39. The lowest BCUT2D eigenvalue weighted by atomic mass is 9.69. The number of carbonyl (C=O) groups is 1. The lowest BCUT2D eigenvalue weighted by molar-refractivity contribution is -0.124. The minimum absolute atomic E-state index is 0.0230. The van der Waals surface area contributed by atoms with Gasteiger partial charge in [-0.3, -0.25) is 4.79 Å². The quantitative estimate of drug-likeness (QED) is 0.777. The summed E-state index contributed by atoms with van der Waals surface area (Å²) in [5.74, 6) is 2.38. The Kier molecular flexibility index (Phi) is 4.34. The maximum absolute atomic E-state index is 13.4. The van der Waals surface area contributed by atoms with Crippen molar-refractivity contribution in [1.82, 2.24) is 10.3 Å². The zero-order valence-corrected chi connectivity index (χ0v) is 16.2. The summed E-state index contributed by atoms with van der Waals surface area (Å²) < 4.78 is 24.9. The van der Waals surface area contributed by atoms with Crippen LogP contribution in [0.1, 0.15) is 56.1 Å². The highest BCUT2D eigenvalue weighted by atomic mass is 35.5. The van der Waals surface area contributed by atoms with Crippen molar-refractivity contribution in [2.45, 2.75) is 55.9 Å². The van der Waals surface area contributed by atoms with Crippen molar-refractivity contribution in [3.8, 4) is 5.75 Å². The number of aromatic nitrogens is 1. The number of benzene rings is 1. The molecule has 4 fully saturated rings. The third-order valence-corrected chi connectivity index (χ3v) is 6.88. The number of nitrogens with one attached hydrogen (secondary N) is 1. The van der Waals surface area contributed by atoms with Crippen LogP contribution in [0, 0.1) is 11.7 Å². The SMILES string of the molecule is O=C(COc1ccc(Cl)c(F)c1)N[C@H]1CC2(c3ncc(C4CCC4)o3)CC1C2. The Balaban J connectivity index is 1.16. The summed E-state index contributed by atoms with van der Waals surface area (Å²) in [6.07, 6.45) is 8.42. The van der Waals surface area contributed by atoms with Gasteiger partial charge in [0.2, 0.25) is 5.89 Å². The molecule has 1 aromatic heterocycles. The minimum atomic E-state index is -0.564. The first-order valence-electron chi connectivity index (χ1n) is 9.86. The third kappa shape index (κ3) is 3.08. The van der Waals surface area contributed by atoms with E-state index in [1.54, 1.807) is 6.07 Å². The number of carbonyl (C=O) groups excluding carboxylic acids is 1. The van der Waals surface area contributed by atoms with Gasteiger partial charge in [-0.1, -0.05) is 18.0 Å². The topological polar surface area (TPSA) is 64.4 Å². The van der Waals surface area contributed by atoms with Gasteiger partial charge in [0.1, 0.15) is 17.3 Å². The molecule has 28 heavy (non-hydrogen) atoms. The molecule has 0 unspecified atom stereocenters. The Labute approximate surface area is 167 Å². The number of oxazole rings is 1. The zero-order chi connectivity index (χ0) is 19.3. The highest BCUT2D eigenvalue weighted by molar-refractivity contribution is 6.30. The predicted molar refractivity (Wildman–Crippen MR) is 101 cm³/mol. The molecule has 6 rings (SSSR count).